The maximum absolute atomic E-state index is 13.9. The van der Waals surface area contributed by atoms with Crippen LogP contribution in [0.25, 0.3) is 0 Å². The summed E-state index contributed by atoms with van der Waals surface area (Å²) >= 11 is 6.68. The number of halogens is 1. The van der Waals surface area contributed by atoms with Crippen molar-refractivity contribution in [1.29, 1.82) is 0 Å². The lowest BCUT2D eigenvalue weighted by molar-refractivity contribution is -0.384. The summed E-state index contributed by atoms with van der Waals surface area (Å²) in [5, 5.41) is 12.1. The Kier molecular flexibility index (Phi) is 6.21. The van der Waals surface area contributed by atoms with Crippen LogP contribution in [0.3, 0.4) is 0 Å². The zero-order valence-electron chi connectivity index (χ0n) is 18.8. The van der Waals surface area contributed by atoms with Crippen LogP contribution >= 0.6 is 11.6 Å². The van der Waals surface area contributed by atoms with Gasteiger partial charge in [-0.1, -0.05) is 90.5 Å². The smallest absolute Gasteiger partial charge is 0.270 e. The molecule has 0 fully saturated rings. The van der Waals surface area contributed by atoms with E-state index in [9.17, 15) is 14.9 Å². The quantitative estimate of drug-likeness (QED) is 0.228. The van der Waals surface area contributed by atoms with Crippen LogP contribution < -0.4 is 4.90 Å². The topological polar surface area (TPSA) is 66.7 Å². The first-order valence-electron chi connectivity index (χ1n) is 11.2. The molecule has 4 aromatic carbocycles. The second-order valence-electron chi connectivity index (χ2n) is 8.39. The second-order valence-corrected chi connectivity index (χ2v) is 8.79. The standard InChI is InChI=1S/C28H22ClN3O3/c29-25-14-8-7-13-23(25)27-30(18-20-9-3-1-4-10-20)26-16-15-22(32(34)35)17-24(26)28(33)31(27)19-21-11-5-2-6-12-21/h1-17,27H,18-19H2/t27-/m0/s1. The average molecular weight is 484 g/mol. The number of nitro benzene ring substituents is 1. The largest absolute Gasteiger partial charge is 0.342 e. The van der Waals surface area contributed by atoms with Crippen LogP contribution in [0.15, 0.2) is 103 Å². The molecule has 0 aromatic heterocycles. The molecule has 35 heavy (non-hydrogen) atoms. The Labute approximate surface area is 208 Å². The zero-order valence-corrected chi connectivity index (χ0v) is 19.5. The van der Waals surface area contributed by atoms with E-state index in [2.05, 4.69) is 4.90 Å². The number of carbonyl (C=O) groups excluding carboxylic acids is 1. The van der Waals surface area contributed by atoms with Gasteiger partial charge in [-0.25, -0.2) is 0 Å². The number of fused-ring (bicyclic) bond motifs is 1. The lowest BCUT2D eigenvalue weighted by atomic mass is 9.98. The lowest BCUT2D eigenvalue weighted by Crippen LogP contribution is -2.49. The summed E-state index contributed by atoms with van der Waals surface area (Å²) in [5.41, 5.74) is 3.60. The molecule has 0 aliphatic carbocycles. The normalized spacial score (nSPS) is 15.1. The van der Waals surface area contributed by atoms with Crippen molar-refractivity contribution in [3.05, 3.63) is 141 Å². The fraction of sp³-hybridized carbons (Fsp3) is 0.107. The minimum Gasteiger partial charge on any atom is -0.342 e. The summed E-state index contributed by atoms with van der Waals surface area (Å²) in [4.78, 5) is 28.8. The Morgan fingerprint density at radius 1 is 0.771 bits per heavy atom. The predicted octanol–water partition coefficient (Wildman–Crippen LogP) is 6.61. The number of anilines is 1. The zero-order chi connectivity index (χ0) is 24.4. The highest BCUT2D eigenvalue weighted by Gasteiger charge is 2.40. The van der Waals surface area contributed by atoms with Gasteiger partial charge in [0.2, 0.25) is 0 Å². The molecule has 1 heterocycles. The highest BCUT2D eigenvalue weighted by Crippen LogP contribution is 2.43. The summed E-state index contributed by atoms with van der Waals surface area (Å²) in [6.07, 6.45) is -0.509. The van der Waals surface area contributed by atoms with Gasteiger partial charge >= 0.3 is 0 Å². The van der Waals surface area contributed by atoms with Gasteiger partial charge in [-0.05, 0) is 23.3 Å². The molecule has 174 valence electrons. The third kappa shape index (κ3) is 4.48. The van der Waals surface area contributed by atoms with Gasteiger partial charge in [-0.15, -0.1) is 0 Å². The number of nitro groups is 1. The van der Waals surface area contributed by atoms with Gasteiger partial charge in [-0.2, -0.15) is 0 Å². The Hall–Kier alpha value is -4.16. The Morgan fingerprint density at radius 3 is 1.94 bits per heavy atom. The number of hydrogen-bond donors (Lipinski definition) is 0. The Bertz CT molecular complexity index is 1380. The maximum atomic E-state index is 13.9. The van der Waals surface area contributed by atoms with Gasteiger partial charge in [0.15, 0.2) is 0 Å². The van der Waals surface area contributed by atoms with Crippen molar-refractivity contribution >= 4 is 28.9 Å². The minimum atomic E-state index is -0.509. The molecule has 0 saturated heterocycles. The van der Waals surface area contributed by atoms with Crippen LogP contribution in [0.5, 0.6) is 0 Å². The van der Waals surface area contributed by atoms with Crippen LogP contribution in [-0.4, -0.2) is 15.7 Å². The molecule has 1 atom stereocenters. The first-order chi connectivity index (χ1) is 17.0. The molecule has 0 unspecified atom stereocenters. The van der Waals surface area contributed by atoms with Gasteiger partial charge in [0, 0.05) is 35.8 Å². The molecule has 0 N–H and O–H groups in total. The molecular formula is C28H22ClN3O3. The van der Waals surface area contributed by atoms with Crippen LogP contribution in [0.2, 0.25) is 5.02 Å². The molecule has 1 aliphatic heterocycles. The lowest BCUT2D eigenvalue weighted by Gasteiger charge is -2.46. The van der Waals surface area contributed by atoms with Crippen molar-refractivity contribution in [3.8, 4) is 0 Å². The van der Waals surface area contributed by atoms with Gasteiger partial charge in [0.05, 0.1) is 16.2 Å². The number of amides is 1. The highest BCUT2D eigenvalue weighted by atomic mass is 35.5. The van der Waals surface area contributed by atoms with E-state index in [-0.39, 0.29) is 11.6 Å². The van der Waals surface area contributed by atoms with E-state index in [1.165, 1.54) is 12.1 Å². The van der Waals surface area contributed by atoms with Gasteiger partial charge in [0.1, 0.15) is 6.17 Å². The van der Waals surface area contributed by atoms with Crippen molar-refractivity contribution in [1.82, 2.24) is 4.90 Å². The molecule has 1 aliphatic rings. The van der Waals surface area contributed by atoms with Crippen LogP contribution in [0.1, 0.15) is 33.2 Å². The second kappa shape index (κ2) is 9.60. The minimum absolute atomic E-state index is 0.118. The SMILES string of the molecule is O=C1c2cc([N+](=O)[O-])ccc2N(Cc2ccccc2)[C@H](c2ccccc2Cl)N1Cc1ccccc1. The number of hydrogen-bond acceptors (Lipinski definition) is 4. The summed E-state index contributed by atoms with van der Waals surface area (Å²) in [7, 11) is 0. The van der Waals surface area contributed by atoms with Crippen LogP contribution in [0.4, 0.5) is 11.4 Å². The third-order valence-corrected chi connectivity index (χ3v) is 6.50. The van der Waals surface area contributed by atoms with Crippen molar-refractivity contribution in [2.24, 2.45) is 0 Å². The summed E-state index contributed by atoms with van der Waals surface area (Å²) in [6.45, 7) is 0.809. The molecular weight excluding hydrogens is 462 g/mol. The number of rotatable bonds is 6. The molecule has 5 rings (SSSR count). The van der Waals surface area contributed by atoms with Gasteiger partial charge in [0.25, 0.3) is 11.6 Å². The van der Waals surface area contributed by atoms with E-state index in [1.54, 1.807) is 11.0 Å². The molecule has 0 saturated carbocycles. The highest BCUT2D eigenvalue weighted by molar-refractivity contribution is 6.31. The predicted molar refractivity (Wildman–Crippen MR) is 136 cm³/mol. The molecule has 1 amide bonds. The first kappa shape index (κ1) is 22.6. The van der Waals surface area contributed by atoms with E-state index in [0.29, 0.717) is 29.4 Å². The molecule has 4 aromatic rings. The average Bonchev–Trinajstić information content (AvgIpc) is 2.88. The molecule has 6 nitrogen and oxygen atoms in total. The summed E-state index contributed by atoms with van der Waals surface area (Å²) in [5.74, 6) is -0.276. The molecule has 0 spiro atoms. The third-order valence-electron chi connectivity index (χ3n) is 6.16. The van der Waals surface area contributed by atoms with Crippen LogP contribution in [-0.2, 0) is 13.1 Å². The van der Waals surface area contributed by atoms with Crippen molar-refractivity contribution in [2.75, 3.05) is 4.90 Å². The Morgan fingerprint density at radius 2 is 1.34 bits per heavy atom. The summed E-state index contributed by atoms with van der Waals surface area (Å²) < 4.78 is 0. The maximum Gasteiger partial charge on any atom is 0.270 e. The van der Waals surface area contributed by atoms with Crippen molar-refractivity contribution in [3.63, 3.8) is 0 Å². The Balaban J connectivity index is 1.71. The molecule has 7 heteroatoms. The van der Waals surface area contributed by atoms with E-state index in [4.69, 9.17) is 11.6 Å². The molecule has 0 radical (unpaired) electrons. The fourth-order valence-electron chi connectivity index (χ4n) is 4.54. The number of non-ortho nitro benzene ring substituents is 1. The first-order valence-corrected chi connectivity index (χ1v) is 11.6. The van der Waals surface area contributed by atoms with Gasteiger partial charge in [-0.3, -0.25) is 14.9 Å². The van der Waals surface area contributed by atoms with Crippen LogP contribution in [0, 0.1) is 10.1 Å². The van der Waals surface area contributed by atoms with Gasteiger partial charge < -0.3 is 9.80 Å². The van der Waals surface area contributed by atoms with Crippen molar-refractivity contribution < 1.29 is 9.72 Å². The molecule has 0 bridgehead atoms. The monoisotopic (exact) mass is 483 g/mol. The summed E-state index contributed by atoms with van der Waals surface area (Å²) in [6, 6.07) is 31.6. The van der Waals surface area contributed by atoms with Crippen molar-refractivity contribution in [2.45, 2.75) is 19.3 Å². The van der Waals surface area contributed by atoms with E-state index < -0.39 is 11.1 Å². The number of benzene rings is 4. The van der Waals surface area contributed by atoms with E-state index in [1.807, 2.05) is 84.9 Å². The fourth-order valence-corrected chi connectivity index (χ4v) is 4.77. The van der Waals surface area contributed by atoms with E-state index >= 15 is 0 Å². The number of nitrogens with zero attached hydrogens (tertiary/aromatic N) is 3. The van der Waals surface area contributed by atoms with E-state index in [0.717, 1.165) is 16.7 Å². The number of carbonyl (C=O) groups is 1.